The Labute approximate surface area is 252 Å². The number of aromatic nitrogens is 4. The van der Waals surface area contributed by atoms with Crippen molar-refractivity contribution in [1.29, 1.82) is 0 Å². The van der Waals surface area contributed by atoms with Crippen molar-refractivity contribution in [2.24, 2.45) is 7.05 Å². The average molecular weight is 595 g/mol. The number of ether oxygens (including phenoxy) is 2. The summed E-state index contributed by atoms with van der Waals surface area (Å²) in [7, 11) is 1.73. The molecule has 1 aliphatic heterocycles. The van der Waals surface area contributed by atoms with E-state index in [0.29, 0.717) is 58.5 Å². The van der Waals surface area contributed by atoms with Gasteiger partial charge in [-0.3, -0.25) is 14.3 Å². The van der Waals surface area contributed by atoms with Crippen molar-refractivity contribution in [3.63, 3.8) is 0 Å². The second kappa shape index (κ2) is 12.1. The molecule has 224 valence electrons. The number of amides is 1. The molecule has 1 fully saturated rings. The number of halogens is 1. The van der Waals surface area contributed by atoms with Crippen LogP contribution in [0.25, 0.3) is 28.2 Å². The maximum atomic E-state index is 14.6. The number of nitrogens with one attached hydrogen (secondary N) is 1. The summed E-state index contributed by atoms with van der Waals surface area (Å²) in [5.41, 5.74) is 9.48. The Morgan fingerprint density at radius 2 is 1.77 bits per heavy atom. The quantitative estimate of drug-likeness (QED) is 0.267. The van der Waals surface area contributed by atoms with Gasteiger partial charge in [0.2, 0.25) is 0 Å². The van der Waals surface area contributed by atoms with Crippen molar-refractivity contribution >= 4 is 17.4 Å². The molecule has 0 bridgehead atoms. The van der Waals surface area contributed by atoms with Gasteiger partial charge in [0, 0.05) is 42.8 Å². The van der Waals surface area contributed by atoms with Crippen LogP contribution in [-0.4, -0.2) is 44.6 Å². The van der Waals surface area contributed by atoms with Crippen LogP contribution in [0.2, 0.25) is 0 Å². The molecule has 1 saturated heterocycles. The van der Waals surface area contributed by atoms with Crippen LogP contribution in [0.3, 0.4) is 0 Å². The molecule has 1 aliphatic rings. The van der Waals surface area contributed by atoms with Crippen LogP contribution in [0.15, 0.2) is 83.8 Å². The third kappa shape index (κ3) is 5.82. The number of rotatable bonds is 7. The minimum Gasteiger partial charge on any atom is -0.490 e. The molecule has 0 atom stereocenters. The molecule has 0 radical (unpaired) electrons. The number of hydrogen-bond acceptors (Lipinski definition) is 7. The number of benzene rings is 3. The first-order chi connectivity index (χ1) is 21.3. The first-order valence-electron chi connectivity index (χ1n) is 14.2. The summed E-state index contributed by atoms with van der Waals surface area (Å²) in [6.07, 6.45) is 2.93. The predicted octanol–water partition coefficient (Wildman–Crippen LogP) is 5.14. The Morgan fingerprint density at radius 3 is 2.50 bits per heavy atom. The van der Waals surface area contributed by atoms with Crippen molar-refractivity contribution in [2.45, 2.75) is 25.9 Å². The third-order valence-corrected chi connectivity index (χ3v) is 7.64. The Morgan fingerprint density at radius 1 is 1.05 bits per heavy atom. The number of anilines is 2. The van der Waals surface area contributed by atoms with Gasteiger partial charge < -0.3 is 20.5 Å². The molecule has 0 spiro atoms. The zero-order valence-corrected chi connectivity index (χ0v) is 24.3. The molecular weight excluding hydrogens is 563 g/mol. The first kappa shape index (κ1) is 28.8. The van der Waals surface area contributed by atoms with E-state index in [1.807, 2.05) is 18.2 Å². The van der Waals surface area contributed by atoms with Gasteiger partial charge in [0.1, 0.15) is 34.7 Å². The van der Waals surface area contributed by atoms with Crippen LogP contribution in [0.1, 0.15) is 28.9 Å². The summed E-state index contributed by atoms with van der Waals surface area (Å²) >= 11 is 0. The molecule has 0 unspecified atom stereocenters. The van der Waals surface area contributed by atoms with Crippen LogP contribution in [0.4, 0.5) is 15.9 Å². The monoisotopic (exact) mass is 594 g/mol. The van der Waals surface area contributed by atoms with E-state index in [0.717, 1.165) is 12.8 Å². The van der Waals surface area contributed by atoms with Crippen molar-refractivity contribution in [2.75, 3.05) is 24.3 Å². The molecule has 3 heterocycles. The van der Waals surface area contributed by atoms with Gasteiger partial charge in [0.25, 0.3) is 11.5 Å². The summed E-state index contributed by atoms with van der Waals surface area (Å²) < 4.78 is 29.1. The zero-order chi connectivity index (χ0) is 30.8. The maximum absolute atomic E-state index is 14.6. The molecule has 5 aromatic rings. The summed E-state index contributed by atoms with van der Waals surface area (Å²) in [6.45, 7) is 2.95. The predicted molar refractivity (Wildman–Crippen MR) is 165 cm³/mol. The van der Waals surface area contributed by atoms with Gasteiger partial charge in [-0.1, -0.05) is 30.3 Å². The molecular formula is C33H31FN6O4. The number of carbonyl (C=O) groups is 1. The van der Waals surface area contributed by atoms with E-state index >= 15 is 0 Å². The summed E-state index contributed by atoms with van der Waals surface area (Å²) in [4.78, 5) is 35.4. The SMILES string of the molecule is Cc1c(C(=O)Nc2ccc(-c3nc(-c4cc(F)cc(OC5CCOCC5)c4)cnc3N)cc2)c(=O)n(-c2ccccc2)n1C. The third-order valence-electron chi connectivity index (χ3n) is 7.64. The van der Waals surface area contributed by atoms with Gasteiger partial charge in [-0.2, -0.15) is 0 Å². The summed E-state index contributed by atoms with van der Waals surface area (Å²) in [6, 6.07) is 20.5. The summed E-state index contributed by atoms with van der Waals surface area (Å²) in [5, 5.41) is 2.81. The highest BCUT2D eigenvalue weighted by molar-refractivity contribution is 6.05. The topological polar surface area (TPSA) is 126 Å². The lowest BCUT2D eigenvalue weighted by Crippen LogP contribution is -2.25. The number of para-hydroxylation sites is 1. The van der Waals surface area contributed by atoms with Crippen LogP contribution in [0, 0.1) is 12.7 Å². The largest absolute Gasteiger partial charge is 0.490 e. The Bertz CT molecular complexity index is 1880. The van der Waals surface area contributed by atoms with Crippen molar-refractivity contribution in [3.05, 3.63) is 106 Å². The highest BCUT2D eigenvalue weighted by Gasteiger charge is 2.22. The lowest BCUT2D eigenvalue weighted by atomic mass is 10.1. The molecule has 10 nitrogen and oxygen atoms in total. The van der Waals surface area contributed by atoms with Crippen LogP contribution >= 0.6 is 0 Å². The molecule has 0 saturated carbocycles. The van der Waals surface area contributed by atoms with Crippen LogP contribution in [-0.2, 0) is 11.8 Å². The van der Waals surface area contributed by atoms with Gasteiger partial charge >= 0.3 is 0 Å². The fraction of sp³-hybridized carbons (Fsp3) is 0.212. The minimum atomic E-state index is -0.517. The second-order valence-electron chi connectivity index (χ2n) is 10.6. The Hall–Kier alpha value is -5.29. The lowest BCUT2D eigenvalue weighted by molar-refractivity contribution is 0.0255. The highest BCUT2D eigenvalue weighted by Crippen LogP contribution is 2.30. The molecule has 44 heavy (non-hydrogen) atoms. The van der Waals surface area contributed by atoms with Gasteiger partial charge in [0.15, 0.2) is 0 Å². The summed E-state index contributed by atoms with van der Waals surface area (Å²) in [5.74, 6) is -0.357. The number of nitrogens with two attached hydrogens (primary N) is 1. The fourth-order valence-corrected chi connectivity index (χ4v) is 5.25. The van der Waals surface area contributed by atoms with Crippen molar-refractivity contribution < 1.29 is 18.7 Å². The molecule has 0 aliphatic carbocycles. The fourth-order valence-electron chi connectivity index (χ4n) is 5.25. The Balaban J connectivity index is 1.22. The normalized spacial score (nSPS) is 13.5. The van der Waals surface area contributed by atoms with Gasteiger partial charge in [-0.15, -0.1) is 0 Å². The van der Waals surface area contributed by atoms with Crippen molar-refractivity contribution in [1.82, 2.24) is 19.3 Å². The van der Waals surface area contributed by atoms with Crippen LogP contribution < -0.4 is 21.3 Å². The molecule has 11 heteroatoms. The highest BCUT2D eigenvalue weighted by atomic mass is 19.1. The van der Waals surface area contributed by atoms with E-state index < -0.39 is 17.3 Å². The standard InChI is InChI=1S/C33H31FN6O4/c1-20-29(33(42)40(39(20)2)25-6-4-3-5-7-25)32(41)37-24-10-8-21(9-11-24)30-31(35)36-19-28(38-30)22-16-23(34)18-27(17-22)44-26-12-14-43-15-13-26/h3-11,16-19,26H,12-15H2,1-2H3,(H2,35,36)(H,37,41). The van der Waals surface area contributed by atoms with Gasteiger partial charge in [-0.05, 0) is 43.3 Å². The van der Waals surface area contributed by atoms with Crippen molar-refractivity contribution in [3.8, 4) is 34.0 Å². The zero-order valence-electron chi connectivity index (χ0n) is 24.3. The van der Waals surface area contributed by atoms with Crippen LogP contribution in [0.5, 0.6) is 5.75 Å². The van der Waals surface area contributed by atoms with E-state index in [2.05, 4.69) is 15.3 Å². The average Bonchev–Trinajstić information content (AvgIpc) is 3.25. The molecule has 1 amide bonds. The smallest absolute Gasteiger partial charge is 0.284 e. The number of nitrogen functional groups attached to an aromatic ring is 1. The molecule has 3 N–H and O–H groups in total. The van der Waals surface area contributed by atoms with E-state index in [4.69, 9.17) is 15.2 Å². The maximum Gasteiger partial charge on any atom is 0.284 e. The number of nitrogens with zero attached hydrogens (tertiary/aromatic N) is 4. The van der Waals surface area contributed by atoms with E-state index in [1.165, 1.54) is 23.0 Å². The van der Waals surface area contributed by atoms with Gasteiger partial charge in [-0.25, -0.2) is 19.0 Å². The molecule has 2 aromatic heterocycles. The second-order valence-corrected chi connectivity index (χ2v) is 10.6. The number of carbonyl (C=O) groups excluding carboxylic acids is 1. The van der Waals surface area contributed by atoms with E-state index in [1.54, 1.807) is 61.1 Å². The molecule has 6 rings (SSSR count). The lowest BCUT2D eigenvalue weighted by Gasteiger charge is -2.23. The van der Waals surface area contributed by atoms with E-state index in [9.17, 15) is 14.0 Å². The number of hydrogen-bond donors (Lipinski definition) is 2. The Kier molecular flexibility index (Phi) is 7.95. The van der Waals surface area contributed by atoms with Gasteiger partial charge in [0.05, 0.1) is 36.5 Å². The van der Waals surface area contributed by atoms with E-state index in [-0.39, 0.29) is 17.5 Å². The first-order valence-corrected chi connectivity index (χ1v) is 14.2. The molecule has 3 aromatic carbocycles. The minimum absolute atomic E-state index is 0.0406.